The summed E-state index contributed by atoms with van der Waals surface area (Å²) < 4.78 is 5.83. The van der Waals surface area contributed by atoms with Gasteiger partial charge in [-0.3, -0.25) is 0 Å². The average Bonchev–Trinajstić information content (AvgIpc) is 2.90. The van der Waals surface area contributed by atoms with E-state index in [2.05, 4.69) is 134 Å². The molecule has 3 N–H and O–H groups in total. The van der Waals surface area contributed by atoms with Crippen LogP contribution in [0.3, 0.4) is 0 Å². The van der Waals surface area contributed by atoms with Crippen molar-refractivity contribution >= 4 is 11.4 Å². The number of nitrogens with one attached hydrogen (secondary N) is 2. The van der Waals surface area contributed by atoms with Crippen LogP contribution >= 0.6 is 0 Å². The number of phenols is 1. The van der Waals surface area contributed by atoms with Crippen LogP contribution in [-0.4, -0.2) is 23.3 Å². The van der Waals surface area contributed by atoms with E-state index in [1.165, 1.54) is 11.1 Å². The van der Waals surface area contributed by atoms with E-state index in [1.54, 1.807) is 12.1 Å². The highest BCUT2D eigenvalue weighted by Gasteiger charge is 2.11. The lowest BCUT2D eigenvalue weighted by molar-refractivity contribution is 0.131. The van der Waals surface area contributed by atoms with Crippen molar-refractivity contribution < 1.29 is 9.84 Å². The fourth-order valence-electron chi connectivity index (χ4n) is 3.89. The van der Waals surface area contributed by atoms with Gasteiger partial charge in [0, 0.05) is 24.0 Å². The lowest BCUT2D eigenvalue weighted by Crippen LogP contribution is -2.25. The van der Waals surface area contributed by atoms with Gasteiger partial charge in [0.05, 0.1) is 0 Å². The smallest absolute Gasteiger partial charge is 0.120 e. The van der Waals surface area contributed by atoms with Crippen molar-refractivity contribution in [1.82, 2.24) is 0 Å². The molecule has 0 aliphatic carbocycles. The third kappa shape index (κ3) is 14.1. The van der Waals surface area contributed by atoms with Gasteiger partial charge in [-0.1, -0.05) is 69.3 Å². The predicted molar refractivity (Wildman–Crippen MR) is 183 cm³/mol. The summed E-state index contributed by atoms with van der Waals surface area (Å²) in [6.07, 6.45) is 0.944. The first kappa shape index (κ1) is 34.3. The Kier molecular flexibility index (Phi) is 13.0. The minimum absolute atomic E-state index is 0.0695. The number of aromatic hydroxyl groups is 1. The van der Waals surface area contributed by atoms with Crippen LogP contribution in [0.25, 0.3) is 11.1 Å². The molecule has 0 atom stereocenters. The summed E-state index contributed by atoms with van der Waals surface area (Å²) in [5.41, 5.74) is 7.04. The van der Waals surface area contributed by atoms with Crippen molar-refractivity contribution in [3.05, 3.63) is 108 Å². The molecule has 0 spiro atoms. The molecule has 4 aromatic rings. The summed E-state index contributed by atoms with van der Waals surface area (Å²) >= 11 is 0. The highest BCUT2D eigenvalue weighted by atomic mass is 16.5. The second-order valence-electron chi connectivity index (χ2n) is 13.2. The van der Waals surface area contributed by atoms with Crippen molar-refractivity contribution in [3.8, 4) is 22.6 Å². The van der Waals surface area contributed by atoms with Crippen LogP contribution in [0.1, 0.15) is 73.4 Å². The van der Waals surface area contributed by atoms with Crippen LogP contribution in [0.5, 0.6) is 11.5 Å². The quantitative estimate of drug-likeness (QED) is 0.217. The van der Waals surface area contributed by atoms with E-state index in [1.807, 2.05) is 31.3 Å². The van der Waals surface area contributed by atoms with E-state index in [-0.39, 0.29) is 11.1 Å². The Hall–Kier alpha value is -3.92. The van der Waals surface area contributed by atoms with Gasteiger partial charge < -0.3 is 20.5 Å². The number of hydrogen-bond donors (Lipinski definition) is 3. The van der Waals surface area contributed by atoms with Crippen LogP contribution < -0.4 is 15.4 Å². The Morgan fingerprint density at radius 1 is 0.619 bits per heavy atom. The monoisotopic (exact) mass is 568 g/mol. The second-order valence-corrected chi connectivity index (χ2v) is 13.2. The van der Waals surface area contributed by atoms with Crippen molar-refractivity contribution in [2.24, 2.45) is 5.92 Å². The van der Waals surface area contributed by atoms with Crippen LogP contribution in [0, 0.1) is 5.92 Å². The summed E-state index contributed by atoms with van der Waals surface area (Å²) in [6.45, 7) is 19.1. The number of rotatable bonds is 6. The van der Waals surface area contributed by atoms with Gasteiger partial charge in [-0.05, 0) is 125 Å². The van der Waals surface area contributed by atoms with E-state index in [0.717, 1.165) is 40.6 Å². The molecule has 0 unspecified atom stereocenters. The molecule has 0 amide bonds. The van der Waals surface area contributed by atoms with E-state index in [9.17, 15) is 5.11 Å². The first-order valence-electron chi connectivity index (χ1n) is 14.9. The number of phenolic OH excluding ortho intramolecular Hbond substituents is 1. The topological polar surface area (TPSA) is 53.5 Å². The lowest BCUT2D eigenvalue weighted by Gasteiger charge is -2.22. The van der Waals surface area contributed by atoms with Crippen molar-refractivity contribution in [2.45, 2.75) is 79.9 Å². The molecule has 0 fully saturated rings. The third-order valence-corrected chi connectivity index (χ3v) is 5.60. The molecule has 4 rings (SSSR count). The Bertz CT molecular complexity index is 1290. The van der Waals surface area contributed by atoms with Gasteiger partial charge >= 0.3 is 0 Å². The highest BCUT2D eigenvalue weighted by molar-refractivity contribution is 5.66. The van der Waals surface area contributed by atoms with Gasteiger partial charge in [-0.15, -0.1) is 0 Å². The fraction of sp³-hybridized carbons (Fsp3) is 0.368. The molecule has 0 bridgehead atoms. The molecule has 0 aromatic heterocycles. The molecular formula is C38H52N2O2. The molecule has 4 aromatic carbocycles. The summed E-state index contributed by atoms with van der Waals surface area (Å²) in [5, 5.41) is 15.8. The highest BCUT2D eigenvalue weighted by Crippen LogP contribution is 2.24. The van der Waals surface area contributed by atoms with Gasteiger partial charge in [0.2, 0.25) is 0 Å². The maximum atomic E-state index is 9.27. The minimum Gasteiger partial charge on any atom is -0.508 e. The predicted octanol–water partition coefficient (Wildman–Crippen LogP) is 10.4. The molecule has 0 aliphatic heterocycles. The van der Waals surface area contributed by atoms with Crippen molar-refractivity contribution in [1.29, 1.82) is 0 Å². The molecule has 4 heteroatoms. The standard InChI is InChI=1S/C18H23NO.C16H19NO.C4H10/c1-18(2,3)20-17-11-7-15(8-12-17)13-14-5-9-16(19-4)10-6-14;1-16(2,3)17-14-8-4-12(5-9-14)13-6-10-15(18)11-7-13;1-4(2)3/h5-12,19H,13H2,1-4H3;4-11,17-18H,1-3H3;4H,1-3H3. The normalized spacial score (nSPS) is 11.0. The van der Waals surface area contributed by atoms with Crippen LogP contribution in [0.4, 0.5) is 11.4 Å². The molecule has 0 saturated carbocycles. The maximum absolute atomic E-state index is 9.27. The molecule has 0 aliphatic rings. The Morgan fingerprint density at radius 2 is 1.02 bits per heavy atom. The lowest BCUT2D eigenvalue weighted by atomic mass is 10.0. The van der Waals surface area contributed by atoms with E-state index in [0.29, 0.717) is 5.75 Å². The molecule has 0 heterocycles. The summed E-state index contributed by atoms with van der Waals surface area (Å²) in [4.78, 5) is 0. The van der Waals surface area contributed by atoms with Crippen LogP contribution in [0.15, 0.2) is 97.1 Å². The van der Waals surface area contributed by atoms with Gasteiger partial charge in [0.25, 0.3) is 0 Å². The molecule has 0 saturated heterocycles. The molecule has 4 nitrogen and oxygen atoms in total. The van der Waals surface area contributed by atoms with Gasteiger partial charge in [0.15, 0.2) is 0 Å². The third-order valence-electron chi connectivity index (χ3n) is 5.60. The zero-order valence-electron chi connectivity index (χ0n) is 27.4. The van der Waals surface area contributed by atoms with Gasteiger partial charge in [0.1, 0.15) is 17.1 Å². The van der Waals surface area contributed by atoms with Gasteiger partial charge in [-0.2, -0.15) is 0 Å². The molecule has 0 radical (unpaired) electrons. The zero-order valence-corrected chi connectivity index (χ0v) is 27.4. The number of ether oxygens (including phenoxy) is 1. The first-order chi connectivity index (χ1) is 19.6. The summed E-state index contributed by atoms with van der Waals surface area (Å²) in [7, 11) is 1.93. The SMILES string of the molecule is CC(C)(C)Nc1ccc(-c2ccc(O)cc2)cc1.CC(C)C.CNc1ccc(Cc2ccc(OC(C)(C)C)cc2)cc1. The van der Waals surface area contributed by atoms with Crippen molar-refractivity contribution in [2.75, 3.05) is 17.7 Å². The summed E-state index contributed by atoms with van der Waals surface area (Å²) in [5.74, 6) is 2.05. The maximum Gasteiger partial charge on any atom is 0.120 e. The number of hydrogen-bond acceptors (Lipinski definition) is 4. The largest absolute Gasteiger partial charge is 0.508 e. The zero-order chi connectivity index (χ0) is 31.3. The van der Waals surface area contributed by atoms with E-state index >= 15 is 0 Å². The Balaban J connectivity index is 0.000000262. The van der Waals surface area contributed by atoms with E-state index in [4.69, 9.17) is 4.74 Å². The average molecular weight is 569 g/mol. The molecule has 226 valence electrons. The van der Waals surface area contributed by atoms with Crippen molar-refractivity contribution in [3.63, 3.8) is 0 Å². The van der Waals surface area contributed by atoms with Gasteiger partial charge in [-0.25, -0.2) is 0 Å². The second kappa shape index (κ2) is 15.9. The van der Waals surface area contributed by atoms with Crippen LogP contribution in [0.2, 0.25) is 0 Å². The first-order valence-corrected chi connectivity index (χ1v) is 14.9. The molecule has 42 heavy (non-hydrogen) atoms. The fourth-order valence-corrected chi connectivity index (χ4v) is 3.89. The molecular weight excluding hydrogens is 516 g/mol. The Morgan fingerprint density at radius 3 is 1.43 bits per heavy atom. The minimum atomic E-state index is -0.148. The van der Waals surface area contributed by atoms with Crippen LogP contribution in [-0.2, 0) is 6.42 Å². The Labute approximate surface area is 255 Å². The van der Waals surface area contributed by atoms with E-state index < -0.39 is 0 Å². The summed E-state index contributed by atoms with van der Waals surface area (Å²) in [6, 6.07) is 32.4. The number of anilines is 2. The number of benzene rings is 4.